The Balaban J connectivity index is 2.13. The number of nitrogens with one attached hydrogen (secondary N) is 1. The maximum atomic E-state index is 12.0. The fourth-order valence-corrected chi connectivity index (χ4v) is 2.14. The second-order valence-corrected chi connectivity index (χ2v) is 5.67. The molecule has 1 aromatic carbocycles. The summed E-state index contributed by atoms with van der Waals surface area (Å²) in [4.78, 5) is 12.0. The monoisotopic (exact) mass is 292 g/mol. The first kappa shape index (κ1) is 15.6. The zero-order valence-electron chi connectivity index (χ0n) is 12.9. The largest absolute Gasteiger partial charge is 0.493 e. The standard InChI is InChI=1S/C16H24N2O3/c1-10(17)9-12-5-4-6-14(20-3)15(12)21-11(2)16(19)18-13-7-8-13/h4-6,10-11,13H,7-9,17H2,1-3H3,(H,18,19). The van der Waals surface area contributed by atoms with E-state index in [1.807, 2.05) is 25.1 Å². The highest BCUT2D eigenvalue weighted by Gasteiger charge is 2.27. The van der Waals surface area contributed by atoms with Crippen molar-refractivity contribution in [3.63, 3.8) is 0 Å². The van der Waals surface area contributed by atoms with Crippen LogP contribution in [0.3, 0.4) is 0 Å². The molecule has 2 rings (SSSR count). The molecule has 0 bridgehead atoms. The minimum absolute atomic E-state index is 0.00931. The first-order valence-electron chi connectivity index (χ1n) is 7.39. The van der Waals surface area contributed by atoms with E-state index in [0.717, 1.165) is 18.4 Å². The van der Waals surface area contributed by atoms with Crippen molar-refractivity contribution in [2.45, 2.75) is 51.3 Å². The summed E-state index contributed by atoms with van der Waals surface area (Å²) >= 11 is 0. The van der Waals surface area contributed by atoms with E-state index in [-0.39, 0.29) is 11.9 Å². The Bertz CT molecular complexity index is 498. The fraction of sp³-hybridized carbons (Fsp3) is 0.562. The van der Waals surface area contributed by atoms with E-state index in [0.29, 0.717) is 24.0 Å². The lowest BCUT2D eigenvalue weighted by molar-refractivity contribution is -0.127. The Hall–Kier alpha value is -1.75. The molecule has 116 valence electrons. The summed E-state index contributed by atoms with van der Waals surface area (Å²) < 4.78 is 11.2. The van der Waals surface area contributed by atoms with Crippen LogP contribution in [0.1, 0.15) is 32.3 Å². The number of methoxy groups -OCH3 is 1. The third-order valence-electron chi connectivity index (χ3n) is 3.41. The van der Waals surface area contributed by atoms with E-state index >= 15 is 0 Å². The Labute approximate surface area is 125 Å². The van der Waals surface area contributed by atoms with Crippen LogP contribution in [0.5, 0.6) is 11.5 Å². The molecule has 1 aliphatic rings. The van der Waals surface area contributed by atoms with E-state index in [9.17, 15) is 4.79 Å². The maximum absolute atomic E-state index is 12.0. The van der Waals surface area contributed by atoms with Gasteiger partial charge in [0, 0.05) is 12.1 Å². The number of ether oxygens (including phenoxy) is 2. The molecule has 1 aliphatic carbocycles. The van der Waals surface area contributed by atoms with E-state index in [2.05, 4.69) is 5.32 Å². The minimum atomic E-state index is -0.561. The van der Waals surface area contributed by atoms with Crippen molar-refractivity contribution < 1.29 is 14.3 Å². The normalized spacial score (nSPS) is 17.0. The van der Waals surface area contributed by atoms with Crippen LogP contribution in [-0.4, -0.2) is 31.2 Å². The van der Waals surface area contributed by atoms with Crippen molar-refractivity contribution in [1.29, 1.82) is 0 Å². The van der Waals surface area contributed by atoms with Crippen molar-refractivity contribution in [3.05, 3.63) is 23.8 Å². The molecular weight excluding hydrogens is 268 g/mol. The topological polar surface area (TPSA) is 73.6 Å². The molecule has 0 heterocycles. The van der Waals surface area contributed by atoms with E-state index in [1.54, 1.807) is 14.0 Å². The van der Waals surface area contributed by atoms with Gasteiger partial charge in [0.1, 0.15) is 0 Å². The van der Waals surface area contributed by atoms with Gasteiger partial charge in [0.2, 0.25) is 0 Å². The highest BCUT2D eigenvalue weighted by molar-refractivity contribution is 5.81. The number of rotatable bonds is 7. The Morgan fingerprint density at radius 3 is 2.71 bits per heavy atom. The van der Waals surface area contributed by atoms with Crippen LogP contribution in [0.25, 0.3) is 0 Å². The lowest BCUT2D eigenvalue weighted by atomic mass is 10.1. The van der Waals surface area contributed by atoms with Crippen LogP contribution in [0.2, 0.25) is 0 Å². The second-order valence-electron chi connectivity index (χ2n) is 5.67. The molecule has 2 unspecified atom stereocenters. The number of para-hydroxylation sites is 1. The molecule has 0 aliphatic heterocycles. The van der Waals surface area contributed by atoms with Gasteiger partial charge in [-0.25, -0.2) is 0 Å². The third kappa shape index (κ3) is 4.36. The number of hydrogen-bond acceptors (Lipinski definition) is 4. The number of nitrogens with two attached hydrogens (primary N) is 1. The summed E-state index contributed by atoms with van der Waals surface area (Å²) in [6, 6.07) is 6.01. The van der Waals surface area contributed by atoms with Gasteiger partial charge in [0.05, 0.1) is 7.11 Å². The van der Waals surface area contributed by atoms with Crippen LogP contribution in [0.15, 0.2) is 18.2 Å². The summed E-state index contributed by atoms with van der Waals surface area (Å²) in [7, 11) is 1.59. The highest BCUT2D eigenvalue weighted by atomic mass is 16.5. The van der Waals surface area contributed by atoms with Crippen molar-refractivity contribution in [3.8, 4) is 11.5 Å². The summed E-state index contributed by atoms with van der Waals surface area (Å²) in [5, 5.41) is 2.94. The zero-order valence-corrected chi connectivity index (χ0v) is 12.9. The molecule has 1 aromatic rings. The molecule has 0 aromatic heterocycles. The van der Waals surface area contributed by atoms with Gasteiger partial charge in [0.25, 0.3) is 5.91 Å². The Morgan fingerprint density at radius 2 is 2.14 bits per heavy atom. The average molecular weight is 292 g/mol. The first-order valence-corrected chi connectivity index (χ1v) is 7.39. The Morgan fingerprint density at radius 1 is 1.43 bits per heavy atom. The predicted octanol–water partition coefficient (Wildman–Crippen LogP) is 1.63. The number of amides is 1. The SMILES string of the molecule is COc1cccc(CC(C)N)c1OC(C)C(=O)NC1CC1. The van der Waals surface area contributed by atoms with Crippen LogP contribution >= 0.6 is 0 Å². The van der Waals surface area contributed by atoms with Gasteiger partial charge in [-0.15, -0.1) is 0 Å². The zero-order chi connectivity index (χ0) is 15.4. The molecule has 1 amide bonds. The molecule has 5 heteroatoms. The quantitative estimate of drug-likeness (QED) is 0.801. The van der Waals surface area contributed by atoms with Crippen molar-refractivity contribution in [2.24, 2.45) is 5.73 Å². The van der Waals surface area contributed by atoms with E-state index in [1.165, 1.54) is 0 Å². The summed E-state index contributed by atoms with van der Waals surface area (Å²) in [5.74, 6) is 1.14. The molecule has 3 N–H and O–H groups in total. The van der Waals surface area contributed by atoms with Gasteiger partial charge in [-0.05, 0) is 44.7 Å². The lowest BCUT2D eigenvalue weighted by Gasteiger charge is -2.20. The first-order chi connectivity index (χ1) is 10.0. The Kier molecular flexibility index (Phi) is 5.07. The molecule has 5 nitrogen and oxygen atoms in total. The maximum Gasteiger partial charge on any atom is 0.260 e. The van der Waals surface area contributed by atoms with Crippen LogP contribution in [0, 0.1) is 0 Å². The number of carbonyl (C=O) groups is 1. The van der Waals surface area contributed by atoms with Gasteiger partial charge in [-0.1, -0.05) is 12.1 Å². The minimum Gasteiger partial charge on any atom is -0.493 e. The van der Waals surface area contributed by atoms with Gasteiger partial charge in [-0.3, -0.25) is 4.79 Å². The molecule has 1 fully saturated rings. The van der Waals surface area contributed by atoms with Gasteiger partial charge in [0.15, 0.2) is 17.6 Å². The molecule has 2 atom stereocenters. The molecule has 0 radical (unpaired) electrons. The van der Waals surface area contributed by atoms with Gasteiger partial charge in [-0.2, -0.15) is 0 Å². The fourth-order valence-electron chi connectivity index (χ4n) is 2.14. The van der Waals surface area contributed by atoms with Crippen molar-refractivity contribution >= 4 is 5.91 Å². The van der Waals surface area contributed by atoms with Crippen LogP contribution < -0.4 is 20.5 Å². The van der Waals surface area contributed by atoms with Gasteiger partial charge >= 0.3 is 0 Å². The van der Waals surface area contributed by atoms with Crippen LogP contribution in [0.4, 0.5) is 0 Å². The summed E-state index contributed by atoms with van der Waals surface area (Å²) in [6.07, 6.45) is 2.23. The summed E-state index contributed by atoms with van der Waals surface area (Å²) in [5.41, 5.74) is 6.83. The molecule has 0 spiro atoms. The number of hydrogen-bond donors (Lipinski definition) is 2. The molecule has 21 heavy (non-hydrogen) atoms. The predicted molar refractivity (Wildman–Crippen MR) is 81.6 cm³/mol. The lowest BCUT2D eigenvalue weighted by Crippen LogP contribution is -2.37. The van der Waals surface area contributed by atoms with Crippen molar-refractivity contribution in [2.75, 3.05) is 7.11 Å². The average Bonchev–Trinajstić information content (AvgIpc) is 3.23. The van der Waals surface area contributed by atoms with Crippen molar-refractivity contribution in [1.82, 2.24) is 5.32 Å². The molecule has 0 saturated heterocycles. The molecular formula is C16H24N2O3. The van der Waals surface area contributed by atoms with Gasteiger partial charge < -0.3 is 20.5 Å². The highest BCUT2D eigenvalue weighted by Crippen LogP contribution is 2.32. The van der Waals surface area contributed by atoms with E-state index in [4.69, 9.17) is 15.2 Å². The number of benzene rings is 1. The van der Waals surface area contributed by atoms with Crippen LogP contribution in [-0.2, 0) is 11.2 Å². The van der Waals surface area contributed by atoms with E-state index < -0.39 is 6.10 Å². The number of carbonyl (C=O) groups excluding carboxylic acids is 1. The smallest absolute Gasteiger partial charge is 0.260 e. The third-order valence-corrected chi connectivity index (χ3v) is 3.41. The summed E-state index contributed by atoms with van der Waals surface area (Å²) in [6.45, 7) is 3.69. The molecule has 1 saturated carbocycles. The second kappa shape index (κ2) is 6.80.